The number of carbonyl (C=O) groups is 1. The Hall–Kier alpha value is -2.24. The monoisotopic (exact) mass is 409 g/mol. The minimum Gasteiger partial charge on any atom is -0.507 e. The van der Waals surface area contributed by atoms with Gasteiger partial charge in [-0.15, -0.1) is 11.3 Å². The van der Waals surface area contributed by atoms with Crippen molar-refractivity contribution < 1.29 is 14.6 Å². The molecule has 3 aromatic rings. The molecule has 0 bridgehead atoms. The molecule has 1 aromatic carbocycles. The van der Waals surface area contributed by atoms with Crippen LogP contribution >= 0.6 is 11.3 Å². The van der Waals surface area contributed by atoms with Gasteiger partial charge < -0.3 is 9.84 Å². The second kappa shape index (κ2) is 7.88. The van der Waals surface area contributed by atoms with Gasteiger partial charge in [-0.2, -0.15) is 0 Å². The van der Waals surface area contributed by atoms with E-state index >= 15 is 0 Å². The molecule has 0 spiro atoms. The maximum Gasteiger partial charge on any atom is 0.163 e. The van der Waals surface area contributed by atoms with Crippen molar-refractivity contribution in [3.05, 3.63) is 45.5 Å². The molecule has 2 heterocycles. The molecule has 0 aliphatic heterocycles. The lowest BCUT2D eigenvalue weighted by atomic mass is 9.87. The van der Waals surface area contributed by atoms with Crippen LogP contribution in [0.2, 0.25) is 0 Å². The number of thiophene rings is 1. The highest BCUT2D eigenvalue weighted by Gasteiger charge is 2.30. The standard InChI is InChI=1S/C24H27NO3S/c1-5-28-23(15(4)26)20-14(3)25-24-22(17-8-6-7-9-19(17)29-24)21(20)16-11-10-13(2)12-18(16)27/h10-12,23,27H,5-9H2,1-4H3. The van der Waals surface area contributed by atoms with Crippen LogP contribution in [0.3, 0.4) is 0 Å². The number of ketones is 1. The van der Waals surface area contributed by atoms with E-state index in [0.29, 0.717) is 6.61 Å². The van der Waals surface area contributed by atoms with Crippen molar-refractivity contribution >= 4 is 27.3 Å². The highest BCUT2D eigenvalue weighted by atomic mass is 32.1. The van der Waals surface area contributed by atoms with Crippen molar-refractivity contribution in [2.75, 3.05) is 6.61 Å². The second-order valence-electron chi connectivity index (χ2n) is 7.84. The Labute approximate surface area is 175 Å². The summed E-state index contributed by atoms with van der Waals surface area (Å²) in [6, 6.07) is 5.74. The van der Waals surface area contributed by atoms with Crippen molar-refractivity contribution in [1.29, 1.82) is 0 Å². The highest BCUT2D eigenvalue weighted by molar-refractivity contribution is 7.19. The first-order valence-corrected chi connectivity index (χ1v) is 11.1. The van der Waals surface area contributed by atoms with E-state index in [2.05, 4.69) is 0 Å². The molecule has 0 fully saturated rings. The van der Waals surface area contributed by atoms with Crippen LogP contribution in [0, 0.1) is 13.8 Å². The van der Waals surface area contributed by atoms with Crippen LogP contribution in [-0.4, -0.2) is 22.5 Å². The number of hydrogen-bond acceptors (Lipinski definition) is 5. The molecular weight excluding hydrogens is 382 g/mol. The summed E-state index contributed by atoms with van der Waals surface area (Å²) in [5.74, 6) is 0.181. The number of aromatic hydroxyl groups is 1. The zero-order chi connectivity index (χ0) is 20.7. The van der Waals surface area contributed by atoms with Gasteiger partial charge >= 0.3 is 0 Å². The predicted molar refractivity (Wildman–Crippen MR) is 118 cm³/mol. The molecule has 2 aromatic heterocycles. The molecule has 4 rings (SSSR count). The number of pyridine rings is 1. The minimum absolute atomic E-state index is 0.0481. The zero-order valence-corrected chi connectivity index (χ0v) is 18.3. The lowest BCUT2D eigenvalue weighted by Gasteiger charge is -2.23. The van der Waals surface area contributed by atoms with Gasteiger partial charge in [0.05, 0.1) is 0 Å². The van der Waals surface area contributed by atoms with E-state index in [9.17, 15) is 9.90 Å². The van der Waals surface area contributed by atoms with Crippen molar-refractivity contribution in [2.24, 2.45) is 0 Å². The number of ether oxygens (including phenoxy) is 1. The van der Waals surface area contributed by atoms with Crippen LogP contribution in [0.15, 0.2) is 18.2 Å². The van der Waals surface area contributed by atoms with E-state index in [1.807, 2.05) is 32.9 Å². The molecule has 1 atom stereocenters. The lowest BCUT2D eigenvalue weighted by molar-refractivity contribution is -0.128. The Morgan fingerprint density at radius 2 is 2.03 bits per heavy atom. The van der Waals surface area contributed by atoms with Gasteiger partial charge in [-0.3, -0.25) is 4.79 Å². The summed E-state index contributed by atoms with van der Waals surface area (Å²) in [6.07, 6.45) is 3.76. The summed E-state index contributed by atoms with van der Waals surface area (Å²) in [7, 11) is 0. The smallest absolute Gasteiger partial charge is 0.163 e. The topological polar surface area (TPSA) is 59.4 Å². The highest BCUT2D eigenvalue weighted by Crippen LogP contribution is 2.47. The molecule has 1 aliphatic rings. The molecular formula is C24H27NO3S. The largest absolute Gasteiger partial charge is 0.507 e. The van der Waals surface area contributed by atoms with Gasteiger partial charge in [0.2, 0.25) is 0 Å². The van der Waals surface area contributed by atoms with E-state index in [4.69, 9.17) is 9.72 Å². The van der Waals surface area contributed by atoms with E-state index in [1.54, 1.807) is 24.3 Å². The predicted octanol–water partition coefficient (Wildman–Crippen LogP) is 5.83. The first kappa shape index (κ1) is 20.0. The van der Waals surface area contributed by atoms with Crippen molar-refractivity contribution in [1.82, 2.24) is 4.98 Å². The van der Waals surface area contributed by atoms with Crippen LogP contribution < -0.4 is 0 Å². The van der Waals surface area contributed by atoms with Gasteiger partial charge in [0, 0.05) is 39.3 Å². The van der Waals surface area contributed by atoms with Crippen molar-refractivity contribution in [2.45, 2.75) is 59.5 Å². The molecule has 1 unspecified atom stereocenters. The fourth-order valence-electron chi connectivity index (χ4n) is 4.44. The maximum atomic E-state index is 12.6. The summed E-state index contributed by atoms with van der Waals surface area (Å²) in [5.41, 5.74) is 5.57. The van der Waals surface area contributed by atoms with Gasteiger partial charge in [-0.05, 0) is 70.6 Å². The zero-order valence-electron chi connectivity index (χ0n) is 17.5. The Morgan fingerprint density at radius 1 is 1.28 bits per heavy atom. The Balaban J connectivity index is 2.13. The van der Waals surface area contributed by atoms with Crippen LogP contribution in [-0.2, 0) is 22.4 Å². The average Bonchev–Trinajstić information content (AvgIpc) is 3.03. The average molecular weight is 410 g/mol. The van der Waals surface area contributed by atoms with Crippen LogP contribution in [0.5, 0.6) is 5.75 Å². The first-order valence-electron chi connectivity index (χ1n) is 10.3. The summed E-state index contributed by atoms with van der Waals surface area (Å²) in [4.78, 5) is 19.8. The van der Waals surface area contributed by atoms with Crippen molar-refractivity contribution in [3.8, 4) is 16.9 Å². The number of phenolic OH excluding ortho intramolecular Hbond substituents is 1. The fraction of sp³-hybridized carbons (Fsp3) is 0.417. The summed E-state index contributed by atoms with van der Waals surface area (Å²) in [6.45, 7) is 7.79. The molecule has 1 aliphatic carbocycles. The number of nitrogens with zero attached hydrogens (tertiary/aromatic N) is 1. The molecule has 1 N–H and O–H groups in total. The summed E-state index contributed by atoms with van der Waals surface area (Å²) in [5, 5.41) is 12.0. The molecule has 0 amide bonds. The number of aryl methyl sites for hydroxylation is 4. The molecule has 152 valence electrons. The number of carbonyl (C=O) groups excluding carboxylic acids is 1. The molecule has 4 nitrogen and oxygen atoms in total. The van der Waals surface area contributed by atoms with Crippen LogP contribution in [0.1, 0.15) is 60.1 Å². The van der Waals surface area contributed by atoms with E-state index in [-0.39, 0.29) is 11.5 Å². The normalized spacial score (nSPS) is 14.8. The number of aromatic nitrogens is 1. The van der Waals surface area contributed by atoms with Gasteiger partial charge in [0.1, 0.15) is 16.7 Å². The molecule has 5 heteroatoms. The SMILES string of the molecule is CCOC(C(C)=O)c1c(C)nc2sc3c(c2c1-c1ccc(C)cc1O)CCCC3. The van der Waals surface area contributed by atoms with E-state index in [1.165, 1.54) is 16.9 Å². The summed E-state index contributed by atoms with van der Waals surface area (Å²) >= 11 is 1.76. The number of rotatable bonds is 5. The minimum atomic E-state index is -0.688. The molecule has 0 saturated carbocycles. The quantitative estimate of drug-likeness (QED) is 0.576. The van der Waals surface area contributed by atoms with E-state index in [0.717, 1.165) is 57.4 Å². The number of fused-ring (bicyclic) bond motifs is 3. The van der Waals surface area contributed by atoms with Gasteiger partial charge in [-0.25, -0.2) is 4.98 Å². The lowest BCUT2D eigenvalue weighted by Crippen LogP contribution is -2.16. The van der Waals surface area contributed by atoms with Gasteiger partial charge in [-0.1, -0.05) is 12.1 Å². The third-order valence-corrected chi connectivity index (χ3v) is 6.90. The number of hydrogen-bond donors (Lipinski definition) is 1. The number of Topliss-reactive ketones (excluding diaryl/α,β-unsaturated/α-hetero) is 1. The molecule has 0 saturated heterocycles. The van der Waals surface area contributed by atoms with E-state index < -0.39 is 6.10 Å². The maximum absolute atomic E-state index is 12.6. The molecule has 0 radical (unpaired) electrons. The Morgan fingerprint density at radius 3 is 2.72 bits per heavy atom. The number of phenols is 1. The summed E-state index contributed by atoms with van der Waals surface area (Å²) < 4.78 is 5.90. The number of benzene rings is 1. The Kier molecular flexibility index (Phi) is 5.45. The first-order chi connectivity index (χ1) is 13.9. The van der Waals surface area contributed by atoms with Crippen LogP contribution in [0.4, 0.5) is 0 Å². The third-order valence-electron chi connectivity index (χ3n) is 5.72. The third kappa shape index (κ3) is 3.47. The van der Waals surface area contributed by atoms with Crippen molar-refractivity contribution in [3.63, 3.8) is 0 Å². The fourth-order valence-corrected chi connectivity index (χ4v) is 5.76. The second-order valence-corrected chi connectivity index (χ2v) is 8.93. The molecule has 29 heavy (non-hydrogen) atoms. The van der Waals surface area contributed by atoms with Gasteiger partial charge in [0.25, 0.3) is 0 Å². The Bertz CT molecular complexity index is 1100. The van der Waals surface area contributed by atoms with Gasteiger partial charge in [0.15, 0.2) is 5.78 Å². The van der Waals surface area contributed by atoms with Crippen LogP contribution in [0.25, 0.3) is 21.3 Å².